The van der Waals surface area contributed by atoms with E-state index in [9.17, 15) is 14.4 Å². The van der Waals surface area contributed by atoms with Gasteiger partial charge < -0.3 is 5.32 Å². The van der Waals surface area contributed by atoms with Crippen LogP contribution >= 0.6 is 34.9 Å². The fourth-order valence-corrected chi connectivity index (χ4v) is 4.36. The Hall–Kier alpha value is -1.91. The van der Waals surface area contributed by atoms with Gasteiger partial charge in [0.05, 0.1) is 11.5 Å². The van der Waals surface area contributed by atoms with Crippen LogP contribution in [0.25, 0.3) is 0 Å². The number of hydrogen-bond acceptors (Lipinski definition) is 8. The van der Waals surface area contributed by atoms with Crippen LogP contribution in [0.15, 0.2) is 39.0 Å². The van der Waals surface area contributed by atoms with Crippen molar-refractivity contribution >= 4 is 52.6 Å². The molecule has 2 aromatic rings. The first-order chi connectivity index (χ1) is 12.1. The minimum atomic E-state index is -0.513. The minimum absolute atomic E-state index is 0.0244. The molecular formula is C15H16N4O3S3. The second kappa shape index (κ2) is 10.2. The molecule has 2 rings (SSSR count). The van der Waals surface area contributed by atoms with Crippen molar-refractivity contribution in [3.05, 3.63) is 35.9 Å². The van der Waals surface area contributed by atoms with Gasteiger partial charge in [0, 0.05) is 12.1 Å². The lowest BCUT2D eigenvalue weighted by molar-refractivity contribution is -0.117. The summed E-state index contributed by atoms with van der Waals surface area (Å²) < 4.78 is 1.27. The number of benzene rings is 1. The van der Waals surface area contributed by atoms with E-state index in [1.54, 1.807) is 19.1 Å². The number of imide groups is 1. The minimum Gasteiger partial charge on any atom is -0.338 e. The molecule has 1 heterocycles. The van der Waals surface area contributed by atoms with E-state index < -0.39 is 11.9 Å². The molecule has 0 fully saturated rings. The third kappa shape index (κ3) is 6.85. The van der Waals surface area contributed by atoms with Gasteiger partial charge in [0.2, 0.25) is 5.91 Å². The highest BCUT2D eigenvalue weighted by molar-refractivity contribution is 8.03. The van der Waals surface area contributed by atoms with Crippen molar-refractivity contribution in [3.63, 3.8) is 0 Å². The fraction of sp³-hybridized carbons (Fsp3) is 0.267. The summed E-state index contributed by atoms with van der Waals surface area (Å²) in [5.74, 6) is -0.0312. The molecule has 10 heteroatoms. The quantitative estimate of drug-likeness (QED) is 0.522. The summed E-state index contributed by atoms with van der Waals surface area (Å²) in [6.45, 7) is 2.21. The molecule has 0 saturated carbocycles. The van der Waals surface area contributed by atoms with Gasteiger partial charge in [0.15, 0.2) is 14.5 Å². The van der Waals surface area contributed by atoms with Crippen LogP contribution in [0.4, 0.5) is 4.79 Å². The Morgan fingerprint density at radius 3 is 2.32 bits per heavy atom. The summed E-state index contributed by atoms with van der Waals surface area (Å²) >= 11 is 3.82. The molecular weight excluding hydrogens is 380 g/mol. The monoisotopic (exact) mass is 396 g/mol. The lowest BCUT2D eigenvalue weighted by Gasteiger charge is -2.02. The molecule has 1 aromatic carbocycles. The smallest absolute Gasteiger partial charge is 0.321 e. The van der Waals surface area contributed by atoms with Crippen LogP contribution in [0.3, 0.4) is 0 Å². The Labute approximate surface area is 157 Å². The molecule has 3 amide bonds. The molecule has 2 N–H and O–H groups in total. The normalized spacial score (nSPS) is 10.3. The molecule has 0 bridgehead atoms. The fourth-order valence-electron chi connectivity index (χ4n) is 1.64. The van der Waals surface area contributed by atoms with E-state index in [1.165, 1.54) is 34.9 Å². The average Bonchev–Trinajstić information content (AvgIpc) is 3.07. The molecule has 0 spiro atoms. The van der Waals surface area contributed by atoms with Gasteiger partial charge in [-0.25, -0.2) is 4.79 Å². The number of rotatable bonds is 8. The molecule has 25 heavy (non-hydrogen) atoms. The second-order valence-electron chi connectivity index (χ2n) is 4.61. The Balaban J connectivity index is 1.75. The number of nitrogens with zero attached hydrogens (tertiary/aromatic N) is 2. The summed E-state index contributed by atoms with van der Waals surface area (Å²) in [7, 11) is 0. The number of ketones is 1. The Morgan fingerprint density at radius 1 is 1.04 bits per heavy atom. The van der Waals surface area contributed by atoms with Crippen molar-refractivity contribution in [2.75, 3.05) is 18.1 Å². The average molecular weight is 397 g/mol. The molecule has 0 saturated heterocycles. The topological polar surface area (TPSA) is 101 Å². The standard InChI is InChI=1S/C15H16N4O3S3/c1-2-16-13(22)17-12(21)9-24-15-19-18-14(25-15)23-8-11(20)10-6-4-3-5-7-10/h3-7H,2,8-9H2,1H3,(H2,16,17,21,22). The van der Waals surface area contributed by atoms with E-state index in [4.69, 9.17) is 0 Å². The van der Waals surface area contributed by atoms with Crippen LogP contribution in [0.2, 0.25) is 0 Å². The maximum absolute atomic E-state index is 12.0. The Bertz CT molecular complexity index is 737. The first-order valence-corrected chi connectivity index (χ1v) is 10.1. The number of amides is 3. The van der Waals surface area contributed by atoms with Crippen molar-refractivity contribution in [2.45, 2.75) is 15.6 Å². The number of nitrogens with one attached hydrogen (secondary N) is 2. The third-order valence-electron chi connectivity index (χ3n) is 2.73. The van der Waals surface area contributed by atoms with Crippen LogP contribution in [-0.2, 0) is 4.79 Å². The molecule has 132 valence electrons. The van der Waals surface area contributed by atoms with Crippen LogP contribution in [0, 0.1) is 0 Å². The number of Topliss-reactive ketones (excluding diaryl/α,β-unsaturated/α-hetero) is 1. The zero-order chi connectivity index (χ0) is 18.1. The number of thioether (sulfide) groups is 2. The lowest BCUT2D eigenvalue weighted by atomic mass is 10.2. The van der Waals surface area contributed by atoms with E-state index >= 15 is 0 Å². The van der Waals surface area contributed by atoms with Crippen LogP contribution in [0.1, 0.15) is 17.3 Å². The second-order valence-corrected chi connectivity index (χ2v) is 8.03. The summed E-state index contributed by atoms with van der Waals surface area (Å²) in [6.07, 6.45) is 0. The maximum Gasteiger partial charge on any atom is 0.321 e. The third-order valence-corrected chi connectivity index (χ3v) is 5.92. The maximum atomic E-state index is 12.0. The molecule has 7 nitrogen and oxygen atoms in total. The van der Waals surface area contributed by atoms with E-state index in [1.807, 2.05) is 18.2 Å². The highest BCUT2D eigenvalue weighted by Crippen LogP contribution is 2.29. The van der Waals surface area contributed by atoms with Gasteiger partial charge in [-0.3, -0.25) is 14.9 Å². The number of carbonyl (C=O) groups excluding carboxylic acids is 3. The van der Waals surface area contributed by atoms with E-state index in [0.29, 0.717) is 20.8 Å². The largest absolute Gasteiger partial charge is 0.338 e. The summed E-state index contributed by atoms with van der Waals surface area (Å²) in [6, 6.07) is 8.54. The number of hydrogen-bond donors (Lipinski definition) is 2. The van der Waals surface area contributed by atoms with Gasteiger partial charge >= 0.3 is 6.03 Å². The van der Waals surface area contributed by atoms with Crippen molar-refractivity contribution in [2.24, 2.45) is 0 Å². The molecule has 1 aromatic heterocycles. The Kier molecular flexibility index (Phi) is 7.89. The van der Waals surface area contributed by atoms with Crippen molar-refractivity contribution in [1.29, 1.82) is 0 Å². The first kappa shape index (κ1) is 19.4. The highest BCUT2D eigenvalue weighted by Gasteiger charge is 2.12. The summed E-state index contributed by atoms with van der Waals surface area (Å²) in [4.78, 5) is 34.9. The van der Waals surface area contributed by atoms with Gasteiger partial charge in [0.1, 0.15) is 0 Å². The summed E-state index contributed by atoms with van der Waals surface area (Å²) in [5, 5.41) is 12.7. The number of urea groups is 1. The van der Waals surface area contributed by atoms with E-state index in [0.717, 1.165) is 0 Å². The zero-order valence-electron chi connectivity index (χ0n) is 13.4. The molecule has 0 aliphatic heterocycles. The van der Waals surface area contributed by atoms with Crippen LogP contribution < -0.4 is 10.6 Å². The van der Waals surface area contributed by atoms with Gasteiger partial charge in [-0.2, -0.15) is 0 Å². The van der Waals surface area contributed by atoms with Gasteiger partial charge in [0.25, 0.3) is 0 Å². The van der Waals surface area contributed by atoms with Gasteiger partial charge in [-0.15, -0.1) is 10.2 Å². The summed E-state index contributed by atoms with van der Waals surface area (Å²) in [5.41, 5.74) is 0.663. The number of carbonyl (C=O) groups is 3. The van der Waals surface area contributed by atoms with Gasteiger partial charge in [-0.05, 0) is 6.92 Å². The SMILES string of the molecule is CCNC(=O)NC(=O)CSc1nnc(SCC(=O)c2ccccc2)s1. The number of aromatic nitrogens is 2. The molecule has 0 atom stereocenters. The molecule has 0 unspecified atom stereocenters. The zero-order valence-corrected chi connectivity index (χ0v) is 15.8. The van der Waals surface area contributed by atoms with E-state index in [2.05, 4.69) is 20.8 Å². The van der Waals surface area contributed by atoms with Crippen molar-refractivity contribution in [1.82, 2.24) is 20.8 Å². The first-order valence-electron chi connectivity index (χ1n) is 7.33. The predicted molar refractivity (Wildman–Crippen MR) is 99.3 cm³/mol. The molecule has 0 radical (unpaired) electrons. The van der Waals surface area contributed by atoms with Crippen LogP contribution in [0.5, 0.6) is 0 Å². The van der Waals surface area contributed by atoms with Gasteiger partial charge in [-0.1, -0.05) is 65.2 Å². The Morgan fingerprint density at radius 2 is 1.68 bits per heavy atom. The van der Waals surface area contributed by atoms with Crippen molar-refractivity contribution in [3.8, 4) is 0 Å². The lowest BCUT2D eigenvalue weighted by Crippen LogP contribution is -2.40. The predicted octanol–water partition coefficient (Wildman–Crippen LogP) is 2.45. The molecule has 0 aliphatic rings. The highest BCUT2D eigenvalue weighted by atomic mass is 32.2. The molecule has 0 aliphatic carbocycles. The van der Waals surface area contributed by atoms with E-state index in [-0.39, 0.29) is 17.3 Å². The van der Waals surface area contributed by atoms with Crippen LogP contribution in [-0.4, -0.2) is 46.0 Å². The van der Waals surface area contributed by atoms with Crippen molar-refractivity contribution < 1.29 is 14.4 Å².